The van der Waals surface area contributed by atoms with Crippen molar-refractivity contribution in [2.75, 3.05) is 68.6 Å². The Bertz CT molecular complexity index is 1160. The van der Waals surface area contributed by atoms with Gasteiger partial charge in [-0.05, 0) is 52.3 Å². The third-order valence-corrected chi connectivity index (χ3v) is 6.41. The molecule has 10 nitrogen and oxygen atoms in total. The molecule has 0 unspecified atom stereocenters. The summed E-state index contributed by atoms with van der Waals surface area (Å²) in [6, 6.07) is 11.7. The van der Waals surface area contributed by atoms with Crippen LogP contribution in [-0.2, 0) is 11.3 Å². The van der Waals surface area contributed by atoms with Crippen molar-refractivity contribution in [1.29, 1.82) is 0 Å². The Labute approximate surface area is 212 Å². The highest BCUT2D eigenvalue weighted by atomic mass is 79.9. The maximum atomic E-state index is 12.7. The molecule has 1 aromatic carbocycles. The highest BCUT2D eigenvalue weighted by Crippen LogP contribution is 2.25. The number of nitrogens with one attached hydrogen (secondary N) is 2. The standard InChI is InChI=1S/C24H30BrN7O3/c1-35-16-14-32-8-2-3-21(23(32)34)28-22-20(25)17-26-24(29-22)27-18-4-6-19(7-5-18)31-11-9-30(10-12-31)13-15-33/h2-8,17,33H,9-16H2,1H3,(H2,26,27,28,29). The number of anilines is 5. The molecule has 1 aliphatic heterocycles. The lowest BCUT2D eigenvalue weighted by molar-refractivity contribution is 0.186. The minimum atomic E-state index is -0.155. The smallest absolute Gasteiger partial charge is 0.274 e. The Kier molecular flexibility index (Phi) is 8.69. The normalized spacial score (nSPS) is 14.2. The van der Waals surface area contributed by atoms with E-state index in [1.54, 1.807) is 30.1 Å². The van der Waals surface area contributed by atoms with E-state index in [1.165, 1.54) is 0 Å². The van der Waals surface area contributed by atoms with Crippen LogP contribution in [0.5, 0.6) is 0 Å². The third-order valence-electron chi connectivity index (χ3n) is 5.83. The minimum Gasteiger partial charge on any atom is -0.395 e. The van der Waals surface area contributed by atoms with Crippen LogP contribution >= 0.6 is 15.9 Å². The molecule has 0 bridgehead atoms. The molecule has 1 fully saturated rings. The molecule has 0 atom stereocenters. The second-order valence-electron chi connectivity index (χ2n) is 8.15. The highest BCUT2D eigenvalue weighted by molar-refractivity contribution is 9.10. The van der Waals surface area contributed by atoms with Gasteiger partial charge in [0.1, 0.15) is 5.69 Å². The maximum absolute atomic E-state index is 12.7. The number of halogens is 1. The van der Waals surface area contributed by atoms with Crippen molar-refractivity contribution >= 4 is 44.8 Å². The summed E-state index contributed by atoms with van der Waals surface area (Å²) in [5.74, 6) is 0.901. The third kappa shape index (κ3) is 6.57. The van der Waals surface area contributed by atoms with Gasteiger partial charge in [-0.2, -0.15) is 4.98 Å². The first-order valence-electron chi connectivity index (χ1n) is 11.5. The molecule has 0 amide bonds. The van der Waals surface area contributed by atoms with Gasteiger partial charge in [0.25, 0.3) is 5.56 Å². The van der Waals surface area contributed by atoms with Gasteiger partial charge in [0.05, 0.1) is 17.7 Å². The molecule has 0 saturated carbocycles. The number of nitrogens with zero attached hydrogens (tertiary/aromatic N) is 5. The molecule has 1 saturated heterocycles. The van der Waals surface area contributed by atoms with Crippen molar-refractivity contribution < 1.29 is 9.84 Å². The number of hydrogen-bond donors (Lipinski definition) is 3. The predicted molar refractivity (Wildman–Crippen MR) is 141 cm³/mol. The van der Waals surface area contributed by atoms with Crippen molar-refractivity contribution in [2.24, 2.45) is 0 Å². The van der Waals surface area contributed by atoms with Gasteiger partial charge in [-0.3, -0.25) is 9.69 Å². The van der Waals surface area contributed by atoms with Gasteiger partial charge in [0.2, 0.25) is 5.95 Å². The van der Waals surface area contributed by atoms with Crippen LogP contribution in [0.15, 0.2) is 58.1 Å². The van der Waals surface area contributed by atoms with Crippen LogP contribution in [0.3, 0.4) is 0 Å². The number of piperazine rings is 1. The molecular weight excluding hydrogens is 514 g/mol. The average molecular weight is 544 g/mol. The summed E-state index contributed by atoms with van der Waals surface area (Å²) < 4.78 is 7.31. The molecule has 11 heteroatoms. The van der Waals surface area contributed by atoms with E-state index in [4.69, 9.17) is 9.84 Å². The number of ether oxygens (including phenoxy) is 1. The quantitative estimate of drug-likeness (QED) is 0.355. The predicted octanol–water partition coefficient (Wildman–Crippen LogP) is 2.65. The lowest BCUT2D eigenvalue weighted by atomic mass is 10.2. The van der Waals surface area contributed by atoms with Gasteiger partial charge in [-0.25, -0.2) is 4.98 Å². The van der Waals surface area contributed by atoms with Crippen LogP contribution in [0.1, 0.15) is 0 Å². The van der Waals surface area contributed by atoms with E-state index in [0.717, 1.165) is 44.1 Å². The molecule has 2 aromatic heterocycles. The molecule has 1 aliphatic rings. The molecule has 0 radical (unpaired) electrons. The number of pyridine rings is 1. The molecule has 0 aliphatic carbocycles. The van der Waals surface area contributed by atoms with E-state index in [2.05, 4.69) is 58.5 Å². The molecule has 3 heterocycles. The Morgan fingerprint density at radius 1 is 1.09 bits per heavy atom. The first kappa shape index (κ1) is 25.1. The first-order valence-corrected chi connectivity index (χ1v) is 12.3. The zero-order chi connectivity index (χ0) is 24.6. The Morgan fingerprint density at radius 2 is 1.86 bits per heavy atom. The van der Waals surface area contributed by atoms with Gasteiger partial charge >= 0.3 is 0 Å². The molecule has 35 heavy (non-hydrogen) atoms. The zero-order valence-corrected chi connectivity index (χ0v) is 21.2. The SMILES string of the molecule is COCCn1cccc(Nc2nc(Nc3ccc(N4CCN(CCO)CC4)cc3)ncc2Br)c1=O. The summed E-state index contributed by atoms with van der Waals surface area (Å²) >= 11 is 3.46. The summed E-state index contributed by atoms with van der Waals surface area (Å²) in [6.07, 6.45) is 3.37. The fourth-order valence-electron chi connectivity index (χ4n) is 3.90. The van der Waals surface area contributed by atoms with E-state index in [0.29, 0.717) is 35.1 Å². The van der Waals surface area contributed by atoms with Crippen LogP contribution < -0.4 is 21.1 Å². The Hall–Kier alpha value is -2.99. The number of rotatable bonds is 10. The number of methoxy groups -OCH3 is 1. The van der Waals surface area contributed by atoms with Crippen LogP contribution in [0.4, 0.5) is 28.8 Å². The number of hydrogen-bond acceptors (Lipinski definition) is 9. The maximum Gasteiger partial charge on any atom is 0.274 e. The van der Waals surface area contributed by atoms with E-state index in [-0.39, 0.29) is 12.2 Å². The van der Waals surface area contributed by atoms with Gasteiger partial charge < -0.3 is 29.9 Å². The number of aromatic nitrogens is 3. The fourth-order valence-corrected chi connectivity index (χ4v) is 4.19. The monoisotopic (exact) mass is 543 g/mol. The number of aliphatic hydroxyl groups is 1. The van der Waals surface area contributed by atoms with E-state index in [9.17, 15) is 4.79 Å². The van der Waals surface area contributed by atoms with Crippen LogP contribution in [-0.4, -0.2) is 77.6 Å². The Morgan fingerprint density at radius 3 is 2.57 bits per heavy atom. The fraction of sp³-hybridized carbons (Fsp3) is 0.375. The lowest BCUT2D eigenvalue weighted by Crippen LogP contribution is -2.47. The molecule has 3 N–H and O–H groups in total. The van der Waals surface area contributed by atoms with Crippen molar-refractivity contribution in [2.45, 2.75) is 6.54 Å². The molecular formula is C24H30BrN7O3. The molecule has 4 rings (SSSR count). The van der Waals surface area contributed by atoms with Crippen LogP contribution in [0, 0.1) is 0 Å². The summed E-state index contributed by atoms with van der Waals surface area (Å²) in [4.78, 5) is 26.2. The second kappa shape index (κ2) is 12.1. The average Bonchev–Trinajstić information content (AvgIpc) is 2.88. The first-order chi connectivity index (χ1) is 17.1. The van der Waals surface area contributed by atoms with E-state index < -0.39 is 0 Å². The van der Waals surface area contributed by atoms with Gasteiger partial charge in [0, 0.05) is 70.1 Å². The van der Waals surface area contributed by atoms with Crippen molar-refractivity contribution in [3.8, 4) is 0 Å². The number of β-amino-alcohol motifs (C(OH)–C–C–N with tert-alkyl or cyclic N) is 1. The van der Waals surface area contributed by atoms with Gasteiger partial charge in [0.15, 0.2) is 5.82 Å². The van der Waals surface area contributed by atoms with Crippen LogP contribution in [0.25, 0.3) is 0 Å². The number of benzene rings is 1. The summed E-state index contributed by atoms with van der Waals surface area (Å²) in [6.45, 7) is 5.62. The largest absolute Gasteiger partial charge is 0.395 e. The van der Waals surface area contributed by atoms with Gasteiger partial charge in [-0.15, -0.1) is 0 Å². The second-order valence-corrected chi connectivity index (χ2v) is 9.01. The zero-order valence-electron chi connectivity index (χ0n) is 19.7. The molecule has 186 valence electrons. The highest BCUT2D eigenvalue weighted by Gasteiger charge is 2.16. The topological polar surface area (TPSA) is 108 Å². The molecule has 3 aromatic rings. The van der Waals surface area contributed by atoms with Crippen molar-refractivity contribution in [3.63, 3.8) is 0 Å². The summed E-state index contributed by atoms with van der Waals surface area (Å²) in [7, 11) is 1.61. The van der Waals surface area contributed by atoms with E-state index in [1.807, 2.05) is 18.2 Å². The number of aliphatic hydroxyl groups excluding tert-OH is 1. The lowest BCUT2D eigenvalue weighted by Gasteiger charge is -2.35. The summed E-state index contributed by atoms with van der Waals surface area (Å²) in [5.41, 5.74) is 2.28. The van der Waals surface area contributed by atoms with E-state index >= 15 is 0 Å². The van der Waals surface area contributed by atoms with Crippen molar-refractivity contribution in [3.05, 3.63) is 63.6 Å². The molecule has 0 spiro atoms. The van der Waals surface area contributed by atoms with Crippen LogP contribution in [0.2, 0.25) is 0 Å². The minimum absolute atomic E-state index is 0.155. The van der Waals surface area contributed by atoms with Crippen molar-refractivity contribution in [1.82, 2.24) is 19.4 Å². The summed E-state index contributed by atoms with van der Waals surface area (Å²) in [5, 5.41) is 15.5. The Balaban J connectivity index is 1.42. The van der Waals surface area contributed by atoms with Gasteiger partial charge in [-0.1, -0.05) is 0 Å².